The van der Waals surface area contributed by atoms with Crippen LogP contribution >= 0.6 is 11.3 Å². The first-order valence-electron chi connectivity index (χ1n) is 6.90. The lowest BCUT2D eigenvalue weighted by Crippen LogP contribution is -2.23. The van der Waals surface area contributed by atoms with Crippen molar-refractivity contribution in [1.82, 2.24) is 5.32 Å². The van der Waals surface area contributed by atoms with E-state index in [0.717, 1.165) is 19.5 Å². The smallest absolute Gasteiger partial charge is 0.203 e. The van der Waals surface area contributed by atoms with E-state index in [-0.39, 0.29) is 0 Å². The molecule has 1 aromatic carbocycles. The lowest BCUT2D eigenvalue weighted by atomic mass is 10.2. The molecule has 0 amide bonds. The van der Waals surface area contributed by atoms with E-state index in [1.807, 2.05) is 18.2 Å². The van der Waals surface area contributed by atoms with Crippen molar-refractivity contribution in [3.05, 3.63) is 40.6 Å². The summed E-state index contributed by atoms with van der Waals surface area (Å²) in [4.78, 5) is 0. The molecule has 4 nitrogen and oxygen atoms in total. The van der Waals surface area contributed by atoms with Gasteiger partial charge >= 0.3 is 0 Å². The molecule has 0 aliphatic carbocycles. The standard InChI is InChI=1S/C16H21NO3S/c1-18-14-4-3-5-15(19-2)16(14)20-10-9-17-8-6-13-7-11-21-12-13/h3-5,7,11-12,17H,6,8-10H2,1-2H3. The van der Waals surface area contributed by atoms with Gasteiger partial charge in [-0.3, -0.25) is 0 Å². The lowest BCUT2D eigenvalue weighted by Gasteiger charge is -2.14. The number of para-hydroxylation sites is 1. The van der Waals surface area contributed by atoms with Crippen LogP contribution in [0.5, 0.6) is 17.2 Å². The Morgan fingerprint density at radius 3 is 2.43 bits per heavy atom. The Hall–Kier alpha value is -1.72. The summed E-state index contributed by atoms with van der Waals surface area (Å²) in [6.45, 7) is 2.30. The predicted molar refractivity (Wildman–Crippen MR) is 85.9 cm³/mol. The molecule has 0 radical (unpaired) electrons. The van der Waals surface area contributed by atoms with Crippen LogP contribution in [0.1, 0.15) is 5.56 Å². The lowest BCUT2D eigenvalue weighted by molar-refractivity contribution is 0.274. The Bertz CT molecular complexity index is 506. The molecule has 1 N–H and O–H groups in total. The average Bonchev–Trinajstić information content (AvgIpc) is 3.03. The SMILES string of the molecule is COc1cccc(OC)c1OCCNCCc1ccsc1. The van der Waals surface area contributed by atoms with Crippen molar-refractivity contribution in [3.8, 4) is 17.2 Å². The molecule has 0 aliphatic rings. The van der Waals surface area contributed by atoms with Crippen molar-refractivity contribution >= 4 is 11.3 Å². The summed E-state index contributed by atoms with van der Waals surface area (Å²) in [6.07, 6.45) is 1.04. The molecule has 2 aromatic rings. The Balaban J connectivity index is 1.73. The molecule has 21 heavy (non-hydrogen) atoms. The van der Waals surface area contributed by atoms with E-state index in [1.165, 1.54) is 5.56 Å². The minimum Gasteiger partial charge on any atom is -0.493 e. The minimum atomic E-state index is 0.570. The van der Waals surface area contributed by atoms with Gasteiger partial charge in [0.2, 0.25) is 5.75 Å². The number of benzene rings is 1. The maximum atomic E-state index is 5.78. The molecule has 5 heteroatoms. The van der Waals surface area contributed by atoms with Crippen LogP contribution in [0, 0.1) is 0 Å². The predicted octanol–water partition coefficient (Wildman–Crippen LogP) is 2.98. The quantitative estimate of drug-likeness (QED) is 0.723. The third-order valence-corrected chi connectivity index (χ3v) is 3.81. The van der Waals surface area contributed by atoms with Crippen LogP contribution in [-0.2, 0) is 6.42 Å². The van der Waals surface area contributed by atoms with E-state index < -0.39 is 0 Å². The molecule has 1 heterocycles. The summed E-state index contributed by atoms with van der Waals surface area (Å²) in [5.41, 5.74) is 1.37. The average molecular weight is 307 g/mol. The number of methoxy groups -OCH3 is 2. The molecule has 0 unspecified atom stereocenters. The summed E-state index contributed by atoms with van der Waals surface area (Å²) in [5.74, 6) is 2.03. The van der Waals surface area contributed by atoms with E-state index in [1.54, 1.807) is 25.6 Å². The number of ether oxygens (including phenoxy) is 3. The van der Waals surface area contributed by atoms with Crippen LogP contribution < -0.4 is 19.5 Å². The fourth-order valence-electron chi connectivity index (χ4n) is 1.98. The van der Waals surface area contributed by atoms with Gasteiger partial charge in [-0.2, -0.15) is 11.3 Å². The van der Waals surface area contributed by atoms with Gasteiger partial charge < -0.3 is 19.5 Å². The Morgan fingerprint density at radius 2 is 1.81 bits per heavy atom. The van der Waals surface area contributed by atoms with Gasteiger partial charge in [-0.05, 0) is 47.5 Å². The second-order valence-electron chi connectivity index (χ2n) is 4.47. The fourth-order valence-corrected chi connectivity index (χ4v) is 2.68. The minimum absolute atomic E-state index is 0.570. The molecule has 0 saturated carbocycles. The molecule has 0 spiro atoms. The highest BCUT2D eigenvalue weighted by Crippen LogP contribution is 2.36. The van der Waals surface area contributed by atoms with Gasteiger partial charge in [-0.15, -0.1) is 0 Å². The van der Waals surface area contributed by atoms with Crippen molar-refractivity contribution in [3.63, 3.8) is 0 Å². The normalized spacial score (nSPS) is 10.4. The number of nitrogens with one attached hydrogen (secondary N) is 1. The number of thiophene rings is 1. The van der Waals surface area contributed by atoms with E-state index in [4.69, 9.17) is 14.2 Å². The zero-order valence-electron chi connectivity index (χ0n) is 12.4. The van der Waals surface area contributed by atoms with Crippen molar-refractivity contribution in [2.24, 2.45) is 0 Å². The molecule has 0 fully saturated rings. The van der Waals surface area contributed by atoms with Crippen molar-refractivity contribution in [1.29, 1.82) is 0 Å². The van der Waals surface area contributed by atoms with Gasteiger partial charge in [0.05, 0.1) is 14.2 Å². The Morgan fingerprint density at radius 1 is 1.05 bits per heavy atom. The maximum Gasteiger partial charge on any atom is 0.203 e. The molecular weight excluding hydrogens is 286 g/mol. The molecule has 114 valence electrons. The first-order chi connectivity index (χ1) is 10.3. The Kier molecular flexibility index (Phi) is 6.37. The van der Waals surface area contributed by atoms with Crippen molar-refractivity contribution in [2.45, 2.75) is 6.42 Å². The van der Waals surface area contributed by atoms with Crippen molar-refractivity contribution in [2.75, 3.05) is 33.9 Å². The molecule has 1 aromatic heterocycles. The number of hydrogen-bond donors (Lipinski definition) is 1. The zero-order chi connectivity index (χ0) is 14.9. The molecule has 0 bridgehead atoms. The monoisotopic (exact) mass is 307 g/mol. The first kappa shape index (κ1) is 15.7. The van der Waals surface area contributed by atoms with Gasteiger partial charge in [0.25, 0.3) is 0 Å². The molecule has 0 atom stereocenters. The molecule has 2 rings (SSSR count). The van der Waals surface area contributed by atoms with Crippen LogP contribution in [0.2, 0.25) is 0 Å². The maximum absolute atomic E-state index is 5.78. The summed E-state index contributed by atoms with van der Waals surface area (Å²) in [6, 6.07) is 7.76. The third kappa shape index (κ3) is 4.65. The summed E-state index contributed by atoms with van der Waals surface area (Å²) < 4.78 is 16.4. The van der Waals surface area contributed by atoms with Crippen LogP contribution in [-0.4, -0.2) is 33.9 Å². The fraction of sp³-hybridized carbons (Fsp3) is 0.375. The van der Waals surface area contributed by atoms with Gasteiger partial charge in [0.15, 0.2) is 11.5 Å². The molecule has 0 aliphatic heterocycles. The van der Waals surface area contributed by atoms with E-state index in [2.05, 4.69) is 22.1 Å². The van der Waals surface area contributed by atoms with Crippen LogP contribution in [0.4, 0.5) is 0 Å². The van der Waals surface area contributed by atoms with Gasteiger partial charge in [0, 0.05) is 6.54 Å². The van der Waals surface area contributed by atoms with Crippen LogP contribution in [0.3, 0.4) is 0 Å². The second-order valence-corrected chi connectivity index (χ2v) is 5.25. The number of rotatable bonds is 9. The highest BCUT2D eigenvalue weighted by molar-refractivity contribution is 7.07. The largest absolute Gasteiger partial charge is 0.493 e. The summed E-state index contributed by atoms with van der Waals surface area (Å²) >= 11 is 1.73. The topological polar surface area (TPSA) is 39.7 Å². The van der Waals surface area contributed by atoms with E-state index in [0.29, 0.717) is 23.9 Å². The summed E-state index contributed by atoms with van der Waals surface area (Å²) in [5, 5.41) is 7.65. The van der Waals surface area contributed by atoms with Crippen LogP contribution in [0.25, 0.3) is 0 Å². The molecule has 0 saturated heterocycles. The van der Waals surface area contributed by atoms with Gasteiger partial charge in [-0.25, -0.2) is 0 Å². The van der Waals surface area contributed by atoms with E-state index in [9.17, 15) is 0 Å². The zero-order valence-corrected chi connectivity index (χ0v) is 13.2. The first-order valence-corrected chi connectivity index (χ1v) is 7.85. The van der Waals surface area contributed by atoms with Crippen LogP contribution in [0.15, 0.2) is 35.0 Å². The molecular formula is C16H21NO3S. The Labute approximate surface area is 129 Å². The van der Waals surface area contributed by atoms with Gasteiger partial charge in [-0.1, -0.05) is 6.07 Å². The second kappa shape index (κ2) is 8.54. The van der Waals surface area contributed by atoms with Crippen molar-refractivity contribution < 1.29 is 14.2 Å². The highest BCUT2D eigenvalue weighted by atomic mass is 32.1. The van der Waals surface area contributed by atoms with Gasteiger partial charge in [0.1, 0.15) is 6.61 Å². The summed E-state index contributed by atoms with van der Waals surface area (Å²) in [7, 11) is 3.25. The highest BCUT2D eigenvalue weighted by Gasteiger charge is 2.10. The van der Waals surface area contributed by atoms with E-state index >= 15 is 0 Å². The third-order valence-electron chi connectivity index (χ3n) is 3.08. The number of hydrogen-bond acceptors (Lipinski definition) is 5.